The van der Waals surface area contributed by atoms with Gasteiger partial charge in [-0.1, -0.05) is 55.1 Å². The number of likely N-dealkylation sites (tertiary alicyclic amines) is 1. The fraction of sp³-hybridized carbons (Fsp3) is 0.367. The average Bonchev–Trinajstić information content (AvgIpc) is 2.87. The van der Waals surface area contributed by atoms with Gasteiger partial charge in [0.15, 0.2) is 0 Å². The van der Waals surface area contributed by atoms with Crippen LogP contribution < -0.4 is 5.32 Å². The topological polar surface area (TPSA) is 32.3 Å². The van der Waals surface area contributed by atoms with Gasteiger partial charge in [0.25, 0.3) is 5.91 Å². The lowest BCUT2D eigenvalue weighted by molar-refractivity contribution is -0.128. The zero-order valence-corrected chi connectivity index (χ0v) is 23.4. The first kappa shape index (κ1) is 33.0. The normalized spacial score (nSPS) is 16.3. The van der Waals surface area contributed by atoms with E-state index < -0.39 is 11.7 Å². The first-order valence-corrected chi connectivity index (χ1v) is 12.6. The summed E-state index contributed by atoms with van der Waals surface area (Å²) in [7, 11) is 1.67. The highest BCUT2D eigenvalue weighted by Crippen LogP contribution is 2.33. The summed E-state index contributed by atoms with van der Waals surface area (Å²) >= 11 is 5.87. The molecule has 0 atom stereocenters. The Hall–Kier alpha value is -3.06. The third-order valence-electron chi connectivity index (χ3n) is 6.19. The fourth-order valence-corrected chi connectivity index (χ4v) is 4.02. The van der Waals surface area contributed by atoms with Gasteiger partial charge in [0.1, 0.15) is 5.82 Å². The molecule has 0 unspecified atom stereocenters. The predicted molar refractivity (Wildman–Crippen MR) is 149 cm³/mol. The molecule has 0 saturated carbocycles. The smallest absolute Gasteiger partial charge is 0.393 e. The molecule has 1 fully saturated rings. The summed E-state index contributed by atoms with van der Waals surface area (Å²) in [6, 6.07) is 6.90. The van der Waals surface area contributed by atoms with Crippen molar-refractivity contribution in [2.45, 2.75) is 52.6 Å². The number of hydrogen-bond acceptors (Lipinski definition) is 2. The molecule has 1 aromatic rings. The molecular formula is C30H37ClF4N2O. The molecule has 0 aromatic heterocycles. The number of alkyl halides is 3. The molecule has 208 valence electrons. The molecule has 1 aliphatic rings. The number of amides is 1. The number of piperidine rings is 1. The number of nitrogens with zero attached hydrogens (tertiary/aromatic N) is 1. The molecular weight excluding hydrogens is 516 g/mol. The Morgan fingerprint density at radius 2 is 1.71 bits per heavy atom. The largest absolute Gasteiger partial charge is 0.416 e. The molecule has 2 rings (SSSR count). The minimum atomic E-state index is -4.41. The van der Waals surface area contributed by atoms with Crippen molar-refractivity contribution in [2.75, 3.05) is 20.1 Å². The van der Waals surface area contributed by atoms with E-state index in [1.807, 2.05) is 12.1 Å². The molecule has 0 bridgehead atoms. The van der Waals surface area contributed by atoms with Crippen LogP contribution in [0.5, 0.6) is 0 Å². The van der Waals surface area contributed by atoms with Gasteiger partial charge in [-0.05, 0) is 80.9 Å². The van der Waals surface area contributed by atoms with E-state index in [1.54, 1.807) is 51.1 Å². The van der Waals surface area contributed by atoms with Crippen molar-refractivity contribution in [3.05, 3.63) is 106 Å². The van der Waals surface area contributed by atoms with Crippen LogP contribution in [0.2, 0.25) is 0 Å². The van der Waals surface area contributed by atoms with Gasteiger partial charge in [-0.25, -0.2) is 4.39 Å². The third kappa shape index (κ3) is 9.67. The van der Waals surface area contributed by atoms with Gasteiger partial charge in [0.2, 0.25) is 0 Å². The Bertz CT molecular complexity index is 1120. The summed E-state index contributed by atoms with van der Waals surface area (Å²) in [6.07, 6.45) is 2.93. The van der Waals surface area contributed by atoms with E-state index in [2.05, 4.69) is 18.5 Å². The van der Waals surface area contributed by atoms with Gasteiger partial charge < -0.3 is 10.2 Å². The number of nitrogens with one attached hydrogen (secondary N) is 1. The highest BCUT2D eigenvalue weighted by Gasteiger charge is 2.34. The standard InChI is InChI=1S/C16H19ClFNO.C14H18F3N/c1-11(12(2)17)16(20)19-9-7-13(8-10-19)14-5-3-4-6-15(14)18;1-6-11(12(7-2)9-18-5)8-13(10(3)4)14(15,16)17/h3-6,13H,7-10H2,1-2H3;6-9,18H,2-3H2,1,4-5H3/b12-11-;11-6+,12-9+,13-8+. The second kappa shape index (κ2) is 15.4. The number of carbonyl (C=O) groups excluding carboxylic acids is 1. The number of halogens is 5. The van der Waals surface area contributed by atoms with Crippen molar-refractivity contribution in [3.8, 4) is 0 Å². The molecule has 0 aliphatic carbocycles. The van der Waals surface area contributed by atoms with Gasteiger partial charge in [-0.3, -0.25) is 4.79 Å². The van der Waals surface area contributed by atoms with E-state index in [-0.39, 0.29) is 23.2 Å². The number of rotatable bonds is 7. The van der Waals surface area contributed by atoms with Crippen LogP contribution in [0.1, 0.15) is 52.0 Å². The van der Waals surface area contributed by atoms with Crippen LogP contribution in [0, 0.1) is 5.82 Å². The Kier molecular flexibility index (Phi) is 13.3. The van der Waals surface area contributed by atoms with Crippen LogP contribution in [0.3, 0.4) is 0 Å². The summed E-state index contributed by atoms with van der Waals surface area (Å²) in [6.45, 7) is 14.7. The SMILES string of the molecule is C/C(Cl)=C(\C)C(=O)N1CCC(c2ccccc2F)CC1.C=CC(=C\NC)/C(=C/C)/C=C(\C(=C)C)C(F)(F)F. The molecule has 1 aliphatic heterocycles. The summed E-state index contributed by atoms with van der Waals surface area (Å²) in [5, 5.41) is 3.30. The van der Waals surface area contributed by atoms with Crippen LogP contribution in [0.25, 0.3) is 0 Å². The lowest BCUT2D eigenvalue weighted by Crippen LogP contribution is -2.38. The Balaban J connectivity index is 0.000000383. The highest BCUT2D eigenvalue weighted by molar-refractivity contribution is 6.31. The quantitative estimate of drug-likeness (QED) is 0.209. The van der Waals surface area contributed by atoms with E-state index >= 15 is 0 Å². The zero-order chi connectivity index (χ0) is 29.0. The summed E-state index contributed by atoms with van der Waals surface area (Å²) in [5.74, 6) is 0.0380. The molecule has 1 saturated heterocycles. The monoisotopic (exact) mass is 552 g/mol. The predicted octanol–water partition coefficient (Wildman–Crippen LogP) is 8.35. The molecule has 1 aromatic carbocycles. The van der Waals surface area contributed by atoms with Crippen molar-refractivity contribution in [2.24, 2.45) is 0 Å². The van der Waals surface area contributed by atoms with Crippen LogP contribution >= 0.6 is 11.6 Å². The van der Waals surface area contributed by atoms with Gasteiger partial charge >= 0.3 is 6.18 Å². The lowest BCUT2D eigenvalue weighted by atomic mass is 9.89. The maximum Gasteiger partial charge on any atom is 0.416 e. The number of benzene rings is 1. The van der Waals surface area contributed by atoms with E-state index in [9.17, 15) is 22.4 Å². The number of allylic oxidation sites excluding steroid dienone is 8. The molecule has 1 heterocycles. The maximum atomic E-state index is 13.8. The summed E-state index contributed by atoms with van der Waals surface area (Å²) in [4.78, 5) is 14.0. The molecule has 0 radical (unpaired) electrons. The first-order chi connectivity index (χ1) is 17.8. The summed E-state index contributed by atoms with van der Waals surface area (Å²) < 4.78 is 52.2. The van der Waals surface area contributed by atoms with Gasteiger partial charge in [-0.15, -0.1) is 0 Å². The minimum Gasteiger partial charge on any atom is -0.393 e. The minimum absolute atomic E-state index is 0.00974. The van der Waals surface area contributed by atoms with Crippen molar-refractivity contribution in [1.29, 1.82) is 0 Å². The van der Waals surface area contributed by atoms with Gasteiger partial charge in [0.05, 0.1) is 5.57 Å². The number of hydrogen-bond donors (Lipinski definition) is 1. The lowest BCUT2D eigenvalue weighted by Gasteiger charge is -2.32. The number of carbonyl (C=O) groups is 1. The van der Waals surface area contributed by atoms with Crippen molar-refractivity contribution < 1.29 is 22.4 Å². The van der Waals surface area contributed by atoms with Crippen LogP contribution in [0.4, 0.5) is 17.6 Å². The van der Waals surface area contributed by atoms with Gasteiger partial charge in [0, 0.05) is 36.9 Å². The van der Waals surface area contributed by atoms with Crippen molar-refractivity contribution in [1.82, 2.24) is 10.2 Å². The third-order valence-corrected chi connectivity index (χ3v) is 6.48. The van der Waals surface area contributed by atoms with Crippen molar-refractivity contribution >= 4 is 17.5 Å². The highest BCUT2D eigenvalue weighted by atomic mass is 35.5. The molecule has 0 spiro atoms. The molecule has 8 heteroatoms. The Morgan fingerprint density at radius 3 is 2.13 bits per heavy atom. The Morgan fingerprint density at radius 1 is 1.13 bits per heavy atom. The molecule has 1 amide bonds. The van der Waals surface area contributed by atoms with E-state index in [0.717, 1.165) is 24.5 Å². The Labute approximate surface area is 228 Å². The maximum absolute atomic E-state index is 13.8. The second-order valence-corrected chi connectivity index (χ2v) is 9.49. The first-order valence-electron chi connectivity index (χ1n) is 12.3. The molecule has 3 nitrogen and oxygen atoms in total. The zero-order valence-electron chi connectivity index (χ0n) is 22.7. The van der Waals surface area contributed by atoms with Crippen LogP contribution in [-0.2, 0) is 4.79 Å². The van der Waals surface area contributed by atoms with E-state index in [0.29, 0.717) is 34.8 Å². The fourth-order valence-electron chi connectivity index (χ4n) is 3.94. The van der Waals surface area contributed by atoms with E-state index in [4.69, 9.17) is 11.6 Å². The van der Waals surface area contributed by atoms with E-state index in [1.165, 1.54) is 19.1 Å². The van der Waals surface area contributed by atoms with Crippen molar-refractivity contribution in [3.63, 3.8) is 0 Å². The van der Waals surface area contributed by atoms with Gasteiger partial charge in [-0.2, -0.15) is 13.2 Å². The second-order valence-electron chi connectivity index (χ2n) is 8.92. The molecule has 38 heavy (non-hydrogen) atoms. The molecule has 1 N–H and O–H groups in total. The average molecular weight is 553 g/mol. The van der Waals surface area contributed by atoms with Crippen LogP contribution in [0.15, 0.2) is 94.7 Å². The van der Waals surface area contributed by atoms with Crippen LogP contribution in [-0.4, -0.2) is 37.1 Å². The summed E-state index contributed by atoms with van der Waals surface area (Å²) in [5.41, 5.74) is 1.63.